The predicted octanol–water partition coefficient (Wildman–Crippen LogP) is 3.46. The van der Waals surface area contributed by atoms with E-state index in [9.17, 15) is 14.4 Å². The van der Waals surface area contributed by atoms with Crippen molar-refractivity contribution in [1.82, 2.24) is 4.90 Å². The highest BCUT2D eigenvalue weighted by atomic mass is 19.1. The zero-order chi connectivity index (χ0) is 21.0. The standard InChI is InChI=1S/C22H26FN3O3/c1-3-28-22(27)19-14(2)29-21(25)17(12-24)20(19)15-7-8-16(18(23)11-15)13-26-9-5-4-6-10-26/h7-8,11,20H,3-6,9-10,13,25H2,1-2H3. The van der Waals surface area contributed by atoms with Crippen LogP contribution in [-0.2, 0) is 20.8 Å². The zero-order valence-electron chi connectivity index (χ0n) is 16.8. The lowest BCUT2D eigenvalue weighted by Crippen LogP contribution is -2.29. The van der Waals surface area contributed by atoms with Crippen molar-refractivity contribution in [3.05, 3.63) is 57.9 Å². The number of benzene rings is 1. The van der Waals surface area contributed by atoms with Gasteiger partial charge in [-0.2, -0.15) is 5.26 Å². The van der Waals surface area contributed by atoms with Crippen LogP contribution in [0.3, 0.4) is 0 Å². The van der Waals surface area contributed by atoms with Crippen LogP contribution in [0.5, 0.6) is 0 Å². The molecule has 2 heterocycles. The van der Waals surface area contributed by atoms with Gasteiger partial charge in [0.2, 0.25) is 5.88 Å². The lowest BCUT2D eigenvalue weighted by atomic mass is 9.82. The molecule has 0 radical (unpaired) electrons. The summed E-state index contributed by atoms with van der Waals surface area (Å²) in [7, 11) is 0. The van der Waals surface area contributed by atoms with Gasteiger partial charge in [-0.3, -0.25) is 4.90 Å². The summed E-state index contributed by atoms with van der Waals surface area (Å²) in [6.07, 6.45) is 3.48. The van der Waals surface area contributed by atoms with E-state index in [-0.39, 0.29) is 35.2 Å². The number of carbonyl (C=O) groups excluding carboxylic acids is 1. The van der Waals surface area contributed by atoms with Crippen LogP contribution in [0.15, 0.2) is 41.0 Å². The van der Waals surface area contributed by atoms with Crippen molar-refractivity contribution in [3.63, 3.8) is 0 Å². The summed E-state index contributed by atoms with van der Waals surface area (Å²) < 4.78 is 25.5. The summed E-state index contributed by atoms with van der Waals surface area (Å²) in [6.45, 7) is 5.93. The van der Waals surface area contributed by atoms with Crippen molar-refractivity contribution in [1.29, 1.82) is 5.26 Å². The number of ether oxygens (including phenoxy) is 2. The third kappa shape index (κ3) is 4.43. The number of rotatable bonds is 5. The molecule has 29 heavy (non-hydrogen) atoms. The largest absolute Gasteiger partial charge is 0.463 e. The summed E-state index contributed by atoms with van der Waals surface area (Å²) in [6, 6.07) is 6.85. The first-order valence-electron chi connectivity index (χ1n) is 9.92. The van der Waals surface area contributed by atoms with E-state index in [1.54, 1.807) is 26.0 Å². The number of nitrogens with two attached hydrogens (primary N) is 1. The van der Waals surface area contributed by atoms with E-state index in [0.29, 0.717) is 17.7 Å². The first kappa shape index (κ1) is 20.9. The molecule has 7 heteroatoms. The first-order chi connectivity index (χ1) is 14.0. The maximum atomic E-state index is 14.9. The smallest absolute Gasteiger partial charge is 0.338 e. The van der Waals surface area contributed by atoms with E-state index >= 15 is 0 Å². The van der Waals surface area contributed by atoms with E-state index in [4.69, 9.17) is 15.2 Å². The number of piperidine rings is 1. The summed E-state index contributed by atoms with van der Waals surface area (Å²) in [5.74, 6) is -1.63. The molecular formula is C22H26FN3O3. The van der Waals surface area contributed by atoms with Crippen molar-refractivity contribution in [3.8, 4) is 6.07 Å². The molecule has 1 atom stereocenters. The van der Waals surface area contributed by atoms with Crippen LogP contribution in [0.2, 0.25) is 0 Å². The number of nitriles is 1. The highest BCUT2D eigenvalue weighted by molar-refractivity contribution is 5.92. The average Bonchev–Trinajstić information content (AvgIpc) is 2.70. The van der Waals surface area contributed by atoms with Crippen molar-refractivity contribution in [2.75, 3.05) is 19.7 Å². The Labute approximate surface area is 170 Å². The lowest BCUT2D eigenvalue weighted by Gasteiger charge is -2.28. The second-order valence-corrected chi connectivity index (χ2v) is 7.30. The number of likely N-dealkylation sites (tertiary alicyclic amines) is 1. The molecule has 0 amide bonds. The van der Waals surface area contributed by atoms with E-state index in [2.05, 4.69) is 4.90 Å². The Hall–Kier alpha value is -2.85. The maximum Gasteiger partial charge on any atom is 0.338 e. The van der Waals surface area contributed by atoms with Crippen LogP contribution in [-0.4, -0.2) is 30.6 Å². The maximum absolute atomic E-state index is 14.9. The van der Waals surface area contributed by atoms with E-state index in [1.165, 1.54) is 12.5 Å². The van der Waals surface area contributed by atoms with Crippen LogP contribution in [0, 0.1) is 17.1 Å². The fraction of sp³-hybridized carbons (Fsp3) is 0.455. The topological polar surface area (TPSA) is 88.6 Å². The van der Waals surface area contributed by atoms with Gasteiger partial charge in [0, 0.05) is 12.1 Å². The highest BCUT2D eigenvalue weighted by Crippen LogP contribution is 2.40. The fourth-order valence-electron chi connectivity index (χ4n) is 3.92. The molecule has 0 spiro atoms. The monoisotopic (exact) mass is 399 g/mol. The van der Waals surface area contributed by atoms with Crippen LogP contribution in [0.25, 0.3) is 0 Å². The Morgan fingerprint density at radius 1 is 1.38 bits per heavy atom. The molecule has 1 unspecified atom stereocenters. The first-order valence-corrected chi connectivity index (χ1v) is 9.92. The van der Waals surface area contributed by atoms with Gasteiger partial charge in [-0.15, -0.1) is 0 Å². The molecule has 1 saturated heterocycles. The van der Waals surface area contributed by atoms with Crippen LogP contribution < -0.4 is 5.73 Å². The van der Waals surface area contributed by atoms with Crippen LogP contribution in [0.1, 0.15) is 50.2 Å². The van der Waals surface area contributed by atoms with Gasteiger partial charge in [-0.25, -0.2) is 9.18 Å². The normalized spacial score (nSPS) is 20.3. The molecule has 2 aliphatic heterocycles. The highest BCUT2D eigenvalue weighted by Gasteiger charge is 2.36. The quantitative estimate of drug-likeness (QED) is 0.763. The Balaban J connectivity index is 1.96. The minimum Gasteiger partial charge on any atom is -0.463 e. The number of halogens is 1. The minimum absolute atomic E-state index is 0.0711. The number of carbonyl (C=O) groups is 1. The number of allylic oxidation sites excluding steroid dienone is 2. The van der Waals surface area contributed by atoms with Gasteiger partial charge < -0.3 is 15.2 Å². The van der Waals surface area contributed by atoms with Crippen molar-refractivity contribution in [2.45, 2.75) is 45.6 Å². The van der Waals surface area contributed by atoms with Crippen molar-refractivity contribution >= 4 is 5.97 Å². The molecule has 1 aromatic carbocycles. The number of hydrogen-bond donors (Lipinski definition) is 1. The van der Waals surface area contributed by atoms with Gasteiger partial charge in [-0.05, 0) is 51.4 Å². The molecule has 2 aliphatic rings. The van der Waals surface area contributed by atoms with Gasteiger partial charge >= 0.3 is 5.97 Å². The average molecular weight is 399 g/mol. The fourth-order valence-corrected chi connectivity index (χ4v) is 3.92. The molecule has 1 aromatic rings. The molecule has 0 bridgehead atoms. The number of nitrogens with zero attached hydrogens (tertiary/aromatic N) is 2. The van der Waals surface area contributed by atoms with E-state index in [0.717, 1.165) is 25.9 Å². The molecule has 0 aromatic heterocycles. The molecule has 3 rings (SSSR count). The predicted molar refractivity (Wildman–Crippen MR) is 106 cm³/mol. The molecule has 0 aliphatic carbocycles. The summed E-state index contributed by atoms with van der Waals surface area (Å²) in [5.41, 5.74) is 7.18. The zero-order valence-corrected chi connectivity index (χ0v) is 16.8. The van der Waals surface area contributed by atoms with Crippen LogP contribution >= 0.6 is 0 Å². The molecule has 1 fully saturated rings. The Morgan fingerprint density at radius 3 is 2.72 bits per heavy atom. The molecule has 0 saturated carbocycles. The summed E-state index contributed by atoms with van der Waals surface area (Å²) in [5, 5.41) is 9.61. The third-order valence-electron chi connectivity index (χ3n) is 5.35. The molecule has 6 nitrogen and oxygen atoms in total. The van der Waals surface area contributed by atoms with Gasteiger partial charge in [0.1, 0.15) is 23.2 Å². The van der Waals surface area contributed by atoms with Gasteiger partial charge in [-0.1, -0.05) is 18.6 Å². The number of esters is 1. The third-order valence-corrected chi connectivity index (χ3v) is 5.35. The van der Waals surface area contributed by atoms with Crippen molar-refractivity contribution in [2.24, 2.45) is 5.73 Å². The van der Waals surface area contributed by atoms with Gasteiger partial charge in [0.25, 0.3) is 0 Å². The lowest BCUT2D eigenvalue weighted by molar-refractivity contribution is -0.139. The Bertz CT molecular complexity index is 895. The number of hydrogen-bond acceptors (Lipinski definition) is 6. The van der Waals surface area contributed by atoms with Gasteiger partial charge in [0.15, 0.2) is 0 Å². The van der Waals surface area contributed by atoms with Crippen molar-refractivity contribution < 1.29 is 18.7 Å². The second kappa shape index (κ2) is 9.10. The Morgan fingerprint density at radius 2 is 2.10 bits per heavy atom. The van der Waals surface area contributed by atoms with Gasteiger partial charge in [0.05, 0.1) is 18.1 Å². The SMILES string of the molecule is CCOC(=O)C1=C(C)OC(N)=C(C#N)C1c1ccc(CN2CCCCC2)c(F)c1. The second-order valence-electron chi connectivity index (χ2n) is 7.30. The summed E-state index contributed by atoms with van der Waals surface area (Å²) in [4.78, 5) is 14.8. The molecule has 2 N–H and O–H groups in total. The van der Waals surface area contributed by atoms with E-state index < -0.39 is 11.9 Å². The van der Waals surface area contributed by atoms with Crippen LogP contribution in [0.4, 0.5) is 4.39 Å². The van der Waals surface area contributed by atoms with E-state index in [1.807, 2.05) is 6.07 Å². The molecule has 154 valence electrons. The Kier molecular flexibility index (Phi) is 6.55. The summed E-state index contributed by atoms with van der Waals surface area (Å²) >= 11 is 0. The molecular weight excluding hydrogens is 373 g/mol. The minimum atomic E-state index is -0.827.